The first-order valence-corrected chi connectivity index (χ1v) is 19.3. The van der Waals surface area contributed by atoms with E-state index in [1.807, 2.05) is 13.8 Å². The minimum Gasteiger partial charge on any atom is -0.457 e. The second-order valence-electron chi connectivity index (χ2n) is 19.4. The van der Waals surface area contributed by atoms with Gasteiger partial charge in [-0.25, -0.2) is 0 Å². The van der Waals surface area contributed by atoms with Crippen LogP contribution in [0.3, 0.4) is 0 Å². The average Bonchev–Trinajstić information content (AvgIpc) is 3.53. The summed E-state index contributed by atoms with van der Waals surface area (Å²) in [6, 6.07) is 0. The molecule has 5 saturated carbocycles. The summed E-state index contributed by atoms with van der Waals surface area (Å²) < 4.78 is 37.7. The Labute approximate surface area is 296 Å². The molecule has 8 aliphatic rings. The van der Waals surface area contributed by atoms with E-state index in [4.69, 9.17) is 28.4 Å². The van der Waals surface area contributed by atoms with Gasteiger partial charge in [0, 0.05) is 25.2 Å². The minimum absolute atomic E-state index is 0.0178. The Morgan fingerprint density at radius 2 is 1.56 bits per heavy atom. The van der Waals surface area contributed by atoms with Gasteiger partial charge in [0.25, 0.3) is 0 Å². The van der Waals surface area contributed by atoms with Gasteiger partial charge in [0.05, 0.1) is 18.8 Å². The maximum atomic E-state index is 12.9. The highest BCUT2D eigenvalue weighted by Crippen LogP contribution is 2.90. The highest BCUT2D eigenvalue weighted by Gasteiger charge is 2.88. The second kappa shape index (κ2) is 10.9. The molecule has 282 valence electrons. The molecule has 0 aromatic rings. The Morgan fingerprint density at radius 1 is 0.880 bits per heavy atom. The number of hydrogen-bond donors (Lipinski definition) is 3. The topological polar surface area (TPSA) is 150 Å². The summed E-state index contributed by atoms with van der Waals surface area (Å²) in [4.78, 5) is 24.0. The van der Waals surface area contributed by atoms with E-state index >= 15 is 0 Å². The van der Waals surface area contributed by atoms with Crippen LogP contribution in [0.2, 0.25) is 0 Å². The van der Waals surface area contributed by atoms with E-state index < -0.39 is 59.6 Å². The summed E-state index contributed by atoms with van der Waals surface area (Å²) in [7, 11) is 0. The average molecular weight is 705 g/mol. The maximum Gasteiger partial charge on any atom is 0.303 e. The molecule has 3 aliphatic heterocycles. The van der Waals surface area contributed by atoms with Crippen LogP contribution in [-0.2, 0) is 38.0 Å². The van der Waals surface area contributed by atoms with Crippen molar-refractivity contribution in [2.45, 2.75) is 174 Å². The Morgan fingerprint density at radius 3 is 2.24 bits per heavy atom. The van der Waals surface area contributed by atoms with Gasteiger partial charge in [-0.2, -0.15) is 0 Å². The van der Waals surface area contributed by atoms with Crippen LogP contribution in [0, 0.1) is 50.7 Å². The third-order valence-corrected chi connectivity index (χ3v) is 16.6. The lowest BCUT2D eigenvalue weighted by molar-refractivity contribution is -0.305. The molecule has 5 aliphatic carbocycles. The predicted molar refractivity (Wildman–Crippen MR) is 178 cm³/mol. The number of rotatable bonds is 5. The van der Waals surface area contributed by atoms with Crippen LogP contribution < -0.4 is 0 Å². The number of fused-ring (bicyclic) bond motifs is 4. The Kier molecular flexibility index (Phi) is 7.76. The van der Waals surface area contributed by atoms with E-state index in [1.165, 1.54) is 13.8 Å². The van der Waals surface area contributed by atoms with Gasteiger partial charge in [-0.05, 0) is 105 Å². The Balaban J connectivity index is 1.08. The highest BCUT2D eigenvalue weighted by molar-refractivity contribution is 5.66. The van der Waals surface area contributed by atoms with Gasteiger partial charge in [-0.15, -0.1) is 0 Å². The maximum absolute atomic E-state index is 12.9. The van der Waals surface area contributed by atoms with Crippen LogP contribution in [-0.4, -0.2) is 94.3 Å². The molecule has 3 heterocycles. The standard InChI is InChI=1S/C39H60O11/c1-19-16-23-30(34(6,7)48-21(3)41)50-39(49-23)29(19)35(8)14-15-38-18-37(38)13-12-26(47-31-28(46-20(2)40)27(43)22(42)17-45-31)33(4,5)24(37)10-11-25(38)36(35,9)32(39)44/h19,22-32,42-44H,10-18H2,1-9H3/t19-,22-,23-,24+,25+,26+,27+,28-,29-,30+,31+,32-,35-,36-,37-,38+,39+/m1/s1. The summed E-state index contributed by atoms with van der Waals surface area (Å²) in [6.45, 7) is 18.0. The van der Waals surface area contributed by atoms with Crippen LogP contribution >= 0.6 is 0 Å². The molecule has 17 atom stereocenters. The number of carbonyl (C=O) groups is 2. The molecule has 50 heavy (non-hydrogen) atoms. The molecule has 0 unspecified atom stereocenters. The summed E-state index contributed by atoms with van der Waals surface area (Å²) in [5.74, 6) is -1.07. The van der Waals surface area contributed by atoms with Crippen LogP contribution in [0.15, 0.2) is 0 Å². The summed E-state index contributed by atoms with van der Waals surface area (Å²) >= 11 is 0. The lowest BCUT2D eigenvalue weighted by Crippen LogP contribution is -2.61. The van der Waals surface area contributed by atoms with Crippen molar-refractivity contribution < 1.29 is 53.3 Å². The van der Waals surface area contributed by atoms with E-state index in [0.29, 0.717) is 11.8 Å². The number of aliphatic hydroxyl groups excluding tert-OH is 3. The fourth-order valence-electron chi connectivity index (χ4n) is 14.7. The third kappa shape index (κ3) is 4.29. The fraction of sp³-hybridized carbons (Fsp3) is 0.949. The van der Waals surface area contributed by atoms with E-state index in [0.717, 1.165) is 51.4 Å². The lowest BCUT2D eigenvalue weighted by Gasteiger charge is -2.63. The quantitative estimate of drug-likeness (QED) is 0.278. The zero-order valence-electron chi connectivity index (χ0n) is 31.4. The van der Waals surface area contributed by atoms with E-state index in [1.54, 1.807) is 0 Å². The summed E-state index contributed by atoms with van der Waals surface area (Å²) in [6.07, 6.45) is 1.64. The molecular formula is C39H60O11. The van der Waals surface area contributed by atoms with Crippen molar-refractivity contribution in [2.24, 2.45) is 50.7 Å². The first-order valence-electron chi connectivity index (χ1n) is 19.3. The van der Waals surface area contributed by atoms with Crippen molar-refractivity contribution in [1.82, 2.24) is 0 Å². The van der Waals surface area contributed by atoms with Crippen molar-refractivity contribution in [2.75, 3.05) is 6.61 Å². The van der Waals surface area contributed by atoms with Crippen molar-refractivity contribution in [3.63, 3.8) is 0 Å². The van der Waals surface area contributed by atoms with Gasteiger partial charge < -0.3 is 43.7 Å². The van der Waals surface area contributed by atoms with Gasteiger partial charge in [0.2, 0.25) is 0 Å². The van der Waals surface area contributed by atoms with E-state index in [-0.39, 0.29) is 58.3 Å². The first kappa shape index (κ1) is 35.7. The van der Waals surface area contributed by atoms with Crippen molar-refractivity contribution in [3.05, 3.63) is 0 Å². The molecule has 11 heteroatoms. The monoisotopic (exact) mass is 704 g/mol. The molecule has 0 radical (unpaired) electrons. The number of esters is 2. The van der Waals surface area contributed by atoms with Gasteiger partial charge in [0.1, 0.15) is 30.0 Å². The SMILES string of the molecule is CC(=O)O[C@H]1[C@H](O[C@H]2CC[C@]34C[C@]35CC[C@]3(C)[C@H]6[C@H](C)C[C@H]7O[C@@]6(O[C@@H]7C(C)(C)OC(C)=O)[C@H](O)[C@@]3(C)[C@@H]5CC[C@H]4C2(C)C)OC[C@@H](O)[C@@H]1O. The van der Waals surface area contributed by atoms with E-state index in [2.05, 4.69) is 34.6 Å². The highest BCUT2D eigenvalue weighted by atomic mass is 16.8. The molecule has 11 nitrogen and oxygen atoms in total. The Bertz CT molecular complexity index is 1430. The smallest absolute Gasteiger partial charge is 0.303 e. The molecule has 8 rings (SSSR count). The van der Waals surface area contributed by atoms with Gasteiger partial charge in [-0.3, -0.25) is 9.59 Å². The molecule has 0 aromatic carbocycles. The minimum atomic E-state index is -1.29. The summed E-state index contributed by atoms with van der Waals surface area (Å²) in [5, 5.41) is 33.8. The first-order chi connectivity index (χ1) is 23.2. The molecule has 3 spiro atoms. The van der Waals surface area contributed by atoms with Crippen LogP contribution in [0.1, 0.15) is 114 Å². The number of aliphatic hydroxyl groups is 3. The van der Waals surface area contributed by atoms with Crippen LogP contribution in [0.5, 0.6) is 0 Å². The molecule has 3 saturated heterocycles. The number of carbonyl (C=O) groups excluding carboxylic acids is 2. The molecule has 3 N–H and O–H groups in total. The molecule has 0 aromatic heterocycles. The van der Waals surface area contributed by atoms with Crippen LogP contribution in [0.25, 0.3) is 0 Å². The van der Waals surface area contributed by atoms with Crippen molar-refractivity contribution >= 4 is 11.9 Å². The molecule has 0 amide bonds. The second-order valence-corrected chi connectivity index (χ2v) is 19.4. The molecule has 8 fully saturated rings. The van der Waals surface area contributed by atoms with Gasteiger partial charge in [-0.1, -0.05) is 34.6 Å². The lowest BCUT2D eigenvalue weighted by atomic mass is 9.41. The molecule has 2 bridgehead atoms. The fourth-order valence-corrected chi connectivity index (χ4v) is 14.7. The summed E-state index contributed by atoms with van der Waals surface area (Å²) in [5.41, 5.74) is -1.51. The normalized spacial score (nSPS) is 55.8. The Hall–Kier alpha value is -1.34. The van der Waals surface area contributed by atoms with Crippen LogP contribution in [0.4, 0.5) is 0 Å². The zero-order valence-corrected chi connectivity index (χ0v) is 31.4. The molecular weight excluding hydrogens is 644 g/mol. The van der Waals surface area contributed by atoms with E-state index in [9.17, 15) is 24.9 Å². The van der Waals surface area contributed by atoms with Gasteiger partial charge >= 0.3 is 11.9 Å². The van der Waals surface area contributed by atoms with Gasteiger partial charge in [0.15, 0.2) is 18.2 Å². The largest absolute Gasteiger partial charge is 0.457 e. The number of ether oxygens (including phenoxy) is 6. The number of hydrogen-bond acceptors (Lipinski definition) is 11. The zero-order chi connectivity index (χ0) is 36.2. The van der Waals surface area contributed by atoms with Crippen molar-refractivity contribution in [1.29, 1.82) is 0 Å². The van der Waals surface area contributed by atoms with Crippen molar-refractivity contribution in [3.8, 4) is 0 Å². The predicted octanol–water partition coefficient (Wildman–Crippen LogP) is 4.26. The third-order valence-electron chi connectivity index (χ3n) is 16.6.